The highest BCUT2D eigenvalue weighted by molar-refractivity contribution is 5.44. The van der Waals surface area contributed by atoms with Crippen molar-refractivity contribution in [2.45, 2.75) is 25.3 Å². The number of benzene rings is 1. The third kappa shape index (κ3) is 1.94. The van der Waals surface area contributed by atoms with Gasteiger partial charge in [0.1, 0.15) is 0 Å². The minimum Gasteiger partial charge on any atom is -0.382 e. The van der Waals surface area contributed by atoms with E-state index in [1.807, 2.05) is 0 Å². The summed E-state index contributed by atoms with van der Waals surface area (Å²) in [6, 6.07) is 11.3. The van der Waals surface area contributed by atoms with Crippen LogP contribution in [0.25, 0.3) is 0 Å². The lowest BCUT2D eigenvalue weighted by molar-refractivity contribution is 0.183. The molecule has 0 amide bonds. The number of piperidine rings is 1. The van der Waals surface area contributed by atoms with Crippen LogP contribution < -0.4 is 10.6 Å². The summed E-state index contributed by atoms with van der Waals surface area (Å²) >= 11 is 0. The van der Waals surface area contributed by atoms with E-state index >= 15 is 0 Å². The summed E-state index contributed by atoms with van der Waals surface area (Å²) in [5.74, 6) is 1.65. The molecule has 2 N–H and O–H groups in total. The summed E-state index contributed by atoms with van der Waals surface area (Å²) in [6.45, 7) is 2.39. The quantitative estimate of drug-likeness (QED) is 0.793. The van der Waals surface area contributed by atoms with Gasteiger partial charge in [-0.2, -0.15) is 0 Å². The van der Waals surface area contributed by atoms with Crippen LogP contribution in [0.1, 0.15) is 19.3 Å². The monoisotopic (exact) mass is 216 g/mol. The van der Waals surface area contributed by atoms with Gasteiger partial charge in [-0.3, -0.25) is 0 Å². The molecular weight excluding hydrogens is 196 g/mol. The van der Waals surface area contributed by atoms with Gasteiger partial charge >= 0.3 is 0 Å². The molecule has 2 heteroatoms. The first-order valence-electron chi connectivity index (χ1n) is 6.46. The zero-order valence-corrected chi connectivity index (χ0v) is 9.65. The van der Waals surface area contributed by atoms with Crippen LogP contribution in [0.2, 0.25) is 0 Å². The highest BCUT2D eigenvalue weighted by Crippen LogP contribution is 2.33. The van der Waals surface area contributed by atoms with Crippen LogP contribution in [-0.2, 0) is 0 Å². The van der Waals surface area contributed by atoms with E-state index in [0.29, 0.717) is 6.04 Å². The standard InChI is InChI=1S/C14H20N2/c1-2-7-13(8-3-1)16-14-11-5-4-6-12(14)10-15-9-11/h1-3,7-8,11-12,14-16H,4-6,9-10H2. The molecule has 2 atom stereocenters. The molecule has 0 spiro atoms. The van der Waals surface area contributed by atoms with Gasteiger partial charge in [0.2, 0.25) is 0 Å². The van der Waals surface area contributed by atoms with Crippen LogP contribution >= 0.6 is 0 Å². The van der Waals surface area contributed by atoms with Crippen LogP contribution in [0.5, 0.6) is 0 Å². The Morgan fingerprint density at radius 2 is 1.69 bits per heavy atom. The number of para-hydroxylation sites is 1. The highest BCUT2D eigenvalue weighted by atomic mass is 15.0. The van der Waals surface area contributed by atoms with Crippen molar-refractivity contribution >= 4 is 5.69 Å². The Balaban J connectivity index is 1.74. The Labute approximate surface area is 97.4 Å². The largest absolute Gasteiger partial charge is 0.382 e. The number of fused-ring (bicyclic) bond motifs is 2. The average Bonchev–Trinajstić information content (AvgIpc) is 2.30. The van der Waals surface area contributed by atoms with Gasteiger partial charge in [0.25, 0.3) is 0 Å². The van der Waals surface area contributed by atoms with Crippen molar-refractivity contribution in [2.75, 3.05) is 18.4 Å². The summed E-state index contributed by atoms with van der Waals surface area (Å²) < 4.78 is 0. The van der Waals surface area contributed by atoms with Gasteiger partial charge in [-0.25, -0.2) is 0 Å². The van der Waals surface area contributed by atoms with Crippen molar-refractivity contribution < 1.29 is 0 Å². The van der Waals surface area contributed by atoms with Gasteiger partial charge in [0.15, 0.2) is 0 Å². The molecule has 1 saturated carbocycles. The first-order chi connectivity index (χ1) is 7.93. The van der Waals surface area contributed by atoms with Crippen molar-refractivity contribution in [1.29, 1.82) is 0 Å². The molecule has 1 aromatic carbocycles. The fourth-order valence-corrected chi connectivity index (χ4v) is 3.26. The summed E-state index contributed by atoms with van der Waals surface area (Å²) in [5.41, 5.74) is 1.28. The maximum atomic E-state index is 3.74. The molecule has 86 valence electrons. The predicted molar refractivity (Wildman–Crippen MR) is 67.6 cm³/mol. The molecule has 2 nitrogen and oxygen atoms in total. The van der Waals surface area contributed by atoms with Gasteiger partial charge in [-0.1, -0.05) is 24.6 Å². The van der Waals surface area contributed by atoms with E-state index in [1.54, 1.807) is 0 Å². The molecule has 2 fully saturated rings. The maximum absolute atomic E-state index is 3.74. The fraction of sp³-hybridized carbons (Fsp3) is 0.571. The molecule has 3 rings (SSSR count). The van der Waals surface area contributed by atoms with Crippen molar-refractivity contribution in [2.24, 2.45) is 11.8 Å². The van der Waals surface area contributed by atoms with E-state index < -0.39 is 0 Å². The van der Waals surface area contributed by atoms with E-state index in [1.165, 1.54) is 38.0 Å². The van der Waals surface area contributed by atoms with Crippen molar-refractivity contribution in [1.82, 2.24) is 5.32 Å². The summed E-state index contributed by atoms with van der Waals surface area (Å²) in [6.07, 6.45) is 4.19. The van der Waals surface area contributed by atoms with Crippen LogP contribution in [0, 0.1) is 11.8 Å². The van der Waals surface area contributed by atoms with Crippen LogP contribution in [-0.4, -0.2) is 19.1 Å². The zero-order chi connectivity index (χ0) is 10.8. The minimum atomic E-state index is 0.692. The number of rotatable bonds is 2. The smallest absolute Gasteiger partial charge is 0.0342 e. The molecule has 16 heavy (non-hydrogen) atoms. The van der Waals surface area contributed by atoms with E-state index in [-0.39, 0.29) is 0 Å². The lowest BCUT2D eigenvalue weighted by Gasteiger charge is -2.43. The van der Waals surface area contributed by atoms with Crippen molar-refractivity contribution in [3.63, 3.8) is 0 Å². The Kier molecular flexibility index (Phi) is 2.83. The lowest BCUT2D eigenvalue weighted by Crippen LogP contribution is -2.52. The van der Waals surface area contributed by atoms with E-state index in [0.717, 1.165) is 11.8 Å². The summed E-state index contributed by atoms with van der Waals surface area (Å²) in [4.78, 5) is 0. The maximum Gasteiger partial charge on any atom is 0.0342 e. The van der Waals surface area contributed by atoms with Gasteiger partial charge in [0.05, 0.1) is 0 Å². The Morgan fingerprint density at radius 3 is 2.38 bits per heavy atom. The van der Waals surface area contributed by atoms with Crippen molar-refractivity contribution in [3.8, 4) is 0 Å². The normalized spacial score (nSPS) is 33.4. The van der Waals surface area contributed by atoms with E-state index in [9.17, 15) is 0 Å². The van der Waals surface area contributed by atoms with Crippen LogP contribution in [0.15, 0.2) is 30.3 Å². The average molecular weight is 216 g/mol. The Hall–Kier alpha value is -1.02. The molecule has 2 bridgehead atoms. The fourth-order valence-electron chi connectivity index (χ4n) is 3.26. The summed E-state index contributed by atoms with van der Waals surface area (Å²) in [7, 11) is 0. The molecular formula is C14H20N2. The second kappa shape index (κ2) is 4.46. The molecule has 1 saturated heterocycles. The second-order valence-corrected chi connectivity index (χ2v) is 5.15. The van der Waals surface area contributed by atoms with Crippen LogP contribution in [0.3, 0.4) is 0 Å². The number of nitrogens with one attached hydrogen (secondary N) is 2. The number of anilines is 1. The molecule has 1 aliphatic carbocycles. The predicted octanol–water partition coefficient (Wildman–Crippen LogP) is 2.49. The number of hydrogen-bond acceptors (Lipinski definition) is 2. The third-order valence-corrected chi connectivity index (χ3v) is 4.09. The molecule has 2 aliphatic rings. The lowest BCUT2D eigenvalue weighted by atomic mass is 9.74. The first-order valence-corrected chi connectivity index (χ1v) is 6.46. The van der Waals surface area contributed by atoms with Gasteiger partial charge in [-0.15, -0.1) is 0 Å². The third-order valence-electron chi connectivity index (χ3n) is 4.09. The minimum absolute atomic E-state index is 0.692. The topological polar surface area (TPSA) is 24.1 Å². The van der Waals surface area contributed by atoms with Crippen molar-refractivity contribution in [3.05, 3.63) is 30.3 Å². The molecule has 1 aliphatic heterocycles. The zero-order valence-electron chi connectivity index (χ0n) is 9.65. The van der Waals surface area contributed by atoms with E-state index in [4.69, 9.17) is 0 Å². The van der Waals surface area contributed by atoms with Gasteiger partial charge < -0.3 is 10.6 Å². The SMILES string of the molecule is c1ccc(NC2C3CCCC2CNC3)cc1. The highest BCUT2D eigenvalue weighted by Gasteiger charge is 2.35. The first kappa shape index (κ1) is 10.2. The molecule has 1 aromatic rings. The van der Waals surface area contributed by atoms with Gasteiger partial charge in [-0.05, 0) is 49.9 Å². The summed E-state index contributed by atoms with van der Waals surface area (Å²) in [5, 5.41) is 7.31. The van der Waals surface area contributed by atoms with Gasteiger partial charge in [0, 0.05) is 11.7 Å². The molecule has 0 aromatic heterocycles. The molecule has 1 heterocycles. The van der Waals surface area contributed by atoms with Crippen LogP contribution in [0.4, 0.5) is 5.69 Å². The van der Waals surface area contributed by atoms with E-state index in [2.05, 4.69) is 41.0 Å². The Bertz CT molecular complexity index is 314. The molecule has 2 unspecified atom stereocenters. The Morgan fingerprint density at radius 1 is 1.00 bits per heavy atom. The molecule has 0 radical (unpaired) electrons. The second-order valence-electron chi connectivity index (χ2n) is 5.15. The number of hydrogen-bond donors (Lipinski definition) is 2.